The van der Waals surface area contributed by atoms with Gasteiger partial charge in [0.2, 0.25) is 0 Å². The molecule has 2 heterocycles. The van der Waals surface area contributed by atoms with Crippen LogP contribution in [0.15, 0.2) is 24.3 Å². The zero-order chi connectivity index (χ0) is 19.4. The van der Waals surface area contributed by atoms with Crippen LogP contribution in [0.2, 0.25) is 0 Å². The Bertz CT molecular complexity index is 651. The van der Waals surface area contributed by atoms with Crippen LogP contribution in [0.25, 0.3) is 0 Å². The van der Waals surface area contributed by atoms with Crippen LogP contribution in [0.1, 0.15) is 56.3 Å². The number of rotatable bonds is 4. The van der Waals surface area contributed by atoms with Crippen molar-refractivity contribution in [1.82, 2.24) is 9.80 Å². The summed E-state index contributed by atoms with van der Waals surface area (Å²) in [5.74, 6) is 0.633. The van der Waals surface area contributed by atoms with Gasteiger partial charge in [0.05, 0.1) is 0 Å². The van der Waals surface area contributed by atoms with E-state index in [4.69, 9.17) is 10.5 Å². The van der Waals surface area contributed by atoms with Crippen molar-refractivity contribution in [2.75, 3.05) is 19.7 Å². The van der Waals surface area contributed by atoms with Gasteiger partial charge in [0.25, 0.3) is 11.8 Å². The molecule has 0 aliphatic carbocycles. The summed E-state index contributed by atoms with van der Waals surface area (Å²) in [6.07, 6.45) is 5.19. The largest absolute Gasteiger partial charge is 0.484 e. The zero-order valence-electron chi connectivity index (χ0n) is 16.4. The molecule has 27 heavy (non-hydrogen) atoms. The summed E-state index contributed by atoms with van der Waals surface area (Å²) in [5, 5.41) is 0. The fourth-order valence-corrected chi connectivity index (χ4v) is 4.20. The Morgan fingerprint density at radius 3 is 2.37 bits per heavy atom. The molecule has 1 aromatic rings. The first kappa shape index (κ1) is 19.7. The second-order valence-corrected chi connectivity index (χ2v) is 7.90. The topological polar surface area (TPSA) is 75.9 Å². The van der Waals surface area contributed by atoms with E-state index in [1.165, 1.54) is 6.42 Å². The van der Waals surface area contributed by atoms with Gasteiger partial charge < -0.3 is 20.3 Å². The number of carbonyl (C=O) groups is 2. The molecule has 0 saturated carbocycles. The molecule has 6 heteroatoms. The van der Waals surface area contributed by atoms with Gasteiger partial charge in [-0.2, -0.15) is 0 Å². The van der Waals surface area contributed by atoms with Crippen LogP contribution in [0.4, 0.5) is 0 Å². The molecule has 148 valence electrons. The number of ether oxygens (including phenoxy) is 1. The first-order chi connectivity index (χ1) is 13.0. The summed E-state index contributed by atoms with van der Waals surface area (Å²) in [5.41, 5.74) is 6.59. The molecule has 1 aromatic carbocycles. The SMILES string of the molecule is CC1CCCC(C)N1C(=O)COc1ccc(C(=O)N2CCCC(N)C2)cc1. The van der Waals surface area contributed by atoms with Crippen molar-refractivity contribution < 1.29 is 14.3 Å². The van der Waals surface area contributed by atoms with E-state index in [-0.39, 0.29) is 36.5 Å². The van der Waals surface area contributed by atoms with Crippen LogP contribution in [0, 0.1) is 0 Å². The molecular formula is C21H31N3O3. The quantitative estimate of drug-likeness (QED) is 0.879. The van der Waals surface area contributed by atoms with E-state index < -0.39 is 0 Å². The van der Waals surface area contributed by atoms with Gasteiger partial charge in [-0.3, -0.25) is 9.59 Å². The molecule has 3 atom stereocenters. The van der Waals surface area contributed by atoms with Gasteiger partial charge in [-0.25, -0.2) is 0 Å². The zero-order valence-corrected chi connectivity index (χ0v) is 16.4. The Morgan fingerprint density at radius 2 is 1.74 bits per heavy atom. The van der Waals surface area contributed by atoms with Crippen LogP contribution >= 0.6 is 0 Å². The molecule has 6 nitrogen and oxygen atoms in total. The Hall–Kier alpha value is -2.08. The number of benzene rings is 1. The highest BCUT2D eigenvalue weighted by Crippen LogP contribution is 2.23. The third-order valence-corrected chi connectivity index (χ3v) is 5.69. The maximum atomic E-state index is 12.6. The van der Waals surface area contributed by atoms with E-state index in [0.29, 0.717) is 17.9 Å². The second-order valence-electron chi connectivity index (χ2n) is 7.90. The average molecular weight is 373 g/mol. The fourth-order valence-electron chi connectivity index (χ4n) is 4.20. The lowest BCUT2D eigenvalue weighted by atomic mass is 9.97. The molecule has 2 saturated heterocycles. The molecule has 3 rings (SSSR count). The first-order valence-electron chi connectivity index (χ1n) is 10.0. The number of piperidine rings is 2. The molecule has 3 unspecified atom stereocenters. The van der Waals surface area contributed by atoms with Crippen LogP contribution in [-0.4, -0.2) is 59.4 Å². The molecule has 0 radical (unpaired) electrons. The van der Waals surface area contributed by atoms with Crippen LogP contribution in [-0.2, 0) is 4.79 Å². The predicted molar refractivity (Wildman–Crippen MR) is 105 cm³/mol. The van der Waals surface area contributed by atoms with Crippen LogP contribution in [0.3, 0.4) is 0 Å². The Kier molecular flexibility index (Phi) is 6.37. The van der Waals surface area contributed by atoms with Gasteiger partial charge in [-0.1, -0.05) is 0 Å². The highest BCUT2D eigenvalue weighted by Gasteiger charge is 2.29. The third-order valence-electron chi connectivity index (χ3n) is 5.69. The van der Waals surface area contributed by atoms with Crippen molar-refractivity contribution in [3.05, 3.63) is 29.8 Å². The number of nitrogens with two attached hydrogens (primary N) is 1. The highest BCUT2D eigenvalue weighted by atomic mass is 16.5. The second kappa shape index (κ2) is 8.74. The number of likely N-dealkylation sites (tertiary alicyclic amines) is 2. The molecule has 2 aliphatic rings. The molecular weight excluding hydrogens is 342 g/mol. The van der Waals surface area contributed by atoms with E-state index in [0.717, 1.165) is 32.2 Å². The van der Waals surface area contributed by atoms with Gasteiger partial charge in [0.15, 0.2) is 6.61 Å². The van der Waals surface area contributed by atoms with Crippen molar-refractivity contribution in [3.8, 4) is 5.75 Å². The fraction of sp³-hybridized carbons (Fsp3) is 0.619. The molecule has 0 spiro atoms. The van der Waals surface area contributed by atoms with Crippen LogP contribution in [0.5, 0.6) is 5.75 Å². The lowest BCUT2D eigenvalue weighted by Gasteiger charge is -2.38. The highest BCUT2D eigenvalue weighted by molar-refractivity contribution is 5.94. The van der Waals surface area contributed by atoms with Gasteiger partial charge >= 0.3 is 0 Å². The summed E-state index contributed by atoms with van der Waals surface area (Å²) >= 11 is 0. The smallest absolute Gasteiger partial charge is 0.260 e. The van der Waals surface area contributed by atoms with Crippen LogP contribution < -0.4 is 10.5 Å². The maximum absolute atomic E-state index is 12.6. The summed E-state index contributed by atoms with van der Waals surface area (Å²) < 4.78 is 5.68. The maximum Gasteiger partial charge on any atom is 0.260 e. The Balaban J connectivity index is 1.54. The van der Waals surface area contributed by atoms with Crippen molar-refractivity contribution in [1.29, 1.82) is 0 Å². The normalized spacial score (nSPS) is 26.0. The number of nitrogens with zero attached hydrogens (tertiary/aromatic N) is 2. The monoisotopic (exact) mass is 373 g/mol. The summed E-state index contributed by atoms with van der Waals surface area (Å²) in [7, 11) is 0. The third kappa shape index (κ3) is 4.80. The molecule has 2 fully saturated rings. The minimum Gasteiger partial charge on any atom is -0.484 e. The summed E-state index contributed by atoms with van der Waals surface area (Å²) in [4.78, 5) is 28.9. The van der Waals surface area contributed by atoms with Crippen molar-refractivity contribution in [3.63, 3.8) is 0 Å². The number of amides is 2. The van der Waals surface area contributed by atoms with Gasteiger partial charge in [0, 0.05) is 36.8 Å². The lowest BCUT2D eigenvalue weighted by Crippen LogP contribution is -2.49. The Labute approximate surface area is 161 Å². The van der Waals surface area contributed by atoms with Crippen molar-refractivity contribution in [2.24, 2.45) is 5.73 Å². The summed E-state index contributed by atoms with van der Waals surface area (Å²) in [6, 6.07) is 7.63. The number of hydrogen-bond acceptors (Lipinski definition) is 4. The van der Waals surface area contributed by atoms with Gasteiger partial charge in [-0.15, -0.1) is 0 Å². The predicted octanol–water partition coefficient (Wildman–Crippen LogP) is 2.42. The molecule has 0 aromatic heterocycles. The van der Waals surface area contributed by atoms with E-state index in [9.17, 15) is 9.59 Å². The molecule has 2 N–H and O–H groups in total. The van der Waals surface area contributed by atoms with Gasteiger partial charge in [0.1, 0.15) is 5.75 Å². The minimum absolute atomic E-state index is 0.00347. The van der Waals surface area contributed by atoms with E-state index in [1.54, 1.807) is 24.3 Å². The Morgan fingerprint density at radius 1 is 1.07 bits per heavy atom. The molecule has 2 aliphatic heterocycles. The first-order valence-corrected chi connectivity index (χ1v) is 10.0. The van der Waals surface area contributed by atoms with E-state index in [2.05, 4.69) is 13.8 Å². The standard InChI is InChI=1S/C21H31N3O3/c1-15-5-3-6-16(2)24(15)20(25)14-27-19-10-8-17(9-11-19)21(26)23-12-4-7-18(22)13-23/h8-11,15-16,18H,3-7,12-14,22H2,1-2H3. The number of hydrogen-bond donors (Lipinski definition) is 1. The van der Waals surface area contributed by atoms with Crippen molar-refractivity contribution >= 4 is 11.8 Å². The van der Waals surface area contributed by atoms with Crippen molar-refractivity contribution in [2.45, 2.75) is 64.1 Å². The molecule has 2 amide bonds. The number of carbonyl (C=O) groups excluding carboxylic acids is 2. The van der Waals surface area contributed by atoms with E-state index >= 15 is 0 Å². The summed E-state index contributed by atoms with van der Waals surface area (Å²) in [6.45, 7) is 5.59. The average Bonchev–Trinajstić information content (AvgIpc) is 2.66. The van der Waals surface area contributed by atoms with Gasteiger partial charge in [-0.05, 0) is 70.2 Å². The van der Waals surface area contributed by atoms with E-state index in [1.807, 2.05) is 9.80 Å². The molecule has 0 bridgehead atoms. The minimum atomic E-state index is 0.00347. The lowest BCUT2D eigenvalue weighted by molar-refractivity contribution is -0.139.